The first-order valence-electron chi connectivity index (χ1n) is 9.43. The molecule has 26 heavy (non-hydrogen) atoms. The molecule has 1 saturated carbocycles. The van der Waals surface area contributed by atoms with Crippen molar-refractivity contribution in [3.05, 3.63) is 30.3 Å². The van der Waals surface area contributed by atoms with Crippen molar-refractivity contribution < 1.29 is 14.7 Å². The van der Waals surface area contributed by atoms with Crippen molar-refractivity contribution in [2.75, 3.05) is 31.1 Å². The highest BCUT2D eigenvalue weighted by Crippen LogP contribution is 2.44. The smallest absolute Gasteiger partial charge is 0.243 e. The summed E-state index contributed by atoms with van der Waals surface area (Å²) in [7, 11) is 0. The monoisotopic (exact) mass is 358 g/mol. The number of hydrogen-bond donors (Lipinski definition) is 3. The minimum Gasteiger partial charge on any atom is -0.368 e. The summed E-state index contributed by atoms with van der Waals surface area (Å²) in [5.74, 6) is 0.144. The number of carbonyl (C=O) groups is 2. The number of aliphatic hydroxyl groups excluding tert-OH is 1. The van der Waals surface area contributed by atoms with Gasteiger partial charge < -0.3 is 20.2 Å². The van der Waals surface area contributed by atoms with E-state index < -0.39 is 11.9 Å². The van der Waals surface area contributed by atoms with Gasteiger partial charge in [0.05, 0.1) is 0 Å². The Hall–Kier alpha value is -2.12. The van der Waals surface area contributed by atoms with Crippen LogP contribution in [0.3, 0.4) is 0 Å². The fourth-order valence-electron chi connectivity index (χ4n) is 4.18. The second-order valence-electron chi connectivity index (χ2n) is 7.47. The maximum Gasteiger partial charge on any atom is 0.243 e. The molecule has 0 radical (unpaired) electrons. The Morgan fingerprint density at radius 3 is 2.42 bits per heavy atom. The minimum atomic E-state index is -1.01. The zero-order chi connectivity index (χ0) is 18.1. The highest BCUT2D eigenvalue weighted by Gasteiger charge is 2.55. The van der Waals surface area contributed by atoms with E-state index in [1.807, 2.05) is 23.1 Å². The molecule has 2 saturated heterocycles. The van der Waals surface area contributed by atoms with Crippen LogP contribution in [-0.2, 0) is 9.59 Å². The predicted molar refractivity (Wildman–Crippen MR) is 97.2 cm³/mol. The Kier molecular flexibility index (Phi) is 4.58. The lowest BCUT2D eigenvalue weighted by Crippen LogP contribution is -2.52. The van der Waals surface area contributed by atoms with Crippen molar-refractivity contribution in [2.45, 2.75) is 37.6 Å². The number of para-hydroxylation sites is 1. The summed E-state index contributed by atoms with van der Waals surface area (Å²) in [4.78, 5) is 29.2. The number of nitrogens with zero attached hydrogens (tertiary/aromatic N) is 2. The Balaban J connectivity index is 1.31. The van der Waals surface area contributed by atoms with Crippen LogP contribution in [0.2, 0.25) is 0 Å². The third kappa shape index (κ3) is 3.29. The molecule has 1 aromatic carbocycles. The summed E-state index contributed by atoms with van der Waals surface area (Å²) < 4.78 is 0. The SMILES string of the molecule is O=C(CCC1(C2CC2)NC(O)NC1=O)N1CCN(c2ccccc2)CC1. The van der Waals surface area contributed by atoms with E-state index in [0.29, 0.717) is 25.9 Å². The maximum absolute atomic E-state index is 12.7. The number of hydrogen-bond acceptors (Lipinski definition) is 5. The van der Waals surface area contributed by atoms with Crippen LogP contribution in [0.1, 0.15) is 25.7 Å². The third-order valence-corrected chi connectivity index (χ3v) is 5.83. The Labute approximate surface area is 153 Å². The van der Waals surface area contributed by atoms with E-state index in [0.717, 1.165) is 25.9 Å². The van der Waals surface area contributed by atoms with Gasteiger partial charge >= 0.3 is 0 Å². The highest BCUT2D eigenvalue weighted by atomic mass is 16.3. The summed E-state index contributed by atoms with van der Waals surface area (Å²) in [6.07, 6.45) is 1.70. The molecule has 140 valence electrons. The number of benzene rings is 1. The molecule has 2 atom stereocenters. The number of aliphatic hydroxyl groups is 1. The van der Waals surface area contributed by atoms with E-state index in [9.17, 15) is 14.7 Å². The molecule has 3 fully saturated rings. The Morgan fingerprint density at radius 1 is 1.15 bits per heavy atom. The third-order valence-electron chi connectivity index (χ3n) is 5.83. The van der Waals surface area contributed by atoms with E-state index in [2.05, 4.69) is 27.7 Å². The fourth-order valence-corrected chi connectivity index (χ4v) is 4.18. The molecule has 7 heteroatoms. The number of anilines is 1. The largest absolute Gasteiger partial charge is 0.368 e. The van der Waals surface area contributed by atoms with Crippen molar-refractivity contribution in [1.82, 2.24) is 15.5 Å². The van der Waals surface area contributed by atoms with Gasteiger partial charge in [-0.15, -0.1) is 0 Å². The summed E-state index contributed by atoms with van der Waals surface area (Å²) in [5.41, 5.74) is 0.411. The van der Waals surface area contributed by atoms with Crippen molar-refractivity contribution in [3.8, 4) is 0 Å². The van der Waals surface area contributed by atoms with Crippen molar-refractivity contribution in [2.24, 2.45) is 5.92 Å². The first-order valence-corrected chi connectivity index (χ1v) is 9.43. The Bertz CT molecular complexity index is 671. The predicted octanol–water partition coefficient (Wildman–Crippen LogP) is 0.260. The summed E-state index contributed by atoms with van der Waals surface area (Å²) in [5, 5.41) is 15.2. The van der Waals surface area contributed by atoms with Gasteiger partial charge in [-0.25, -0.2) is 0 Å². The number of rotatable bonds is 5. The van der Waals surface area contributed by atoms with Gasteiger partial charge in [-0.3, -0.25) is 14.9 Å². The van der Waals surface area contributed by atoms with Gasteiger partial charge in [-0.1, -0.05) is 18.2 Å². The van der Waals surface area contributed by atoms with E-state index >= 15 is 0 Å². The standard InChI is InChI=1S/C19H26N4O3/c24-16(8-9-19(14-6-7-14)17(25)20-18(26)21-19)23-12-10-22(11-13-23)15-4-2-1-3-5-15/h1-5,14,18,21,26H,6-13H2,(H,20,25). The lowest BCUT2D eigenvalue weighted by atomic mass is 9.87. The molecule has 3 aliphatic rings. The molecule has 2 amide bonds. The molecule has 0 aromatic heterocycles. The summed E-state index contributed by atoms with van der Waals surface area (Å²) in [6.45, 7) is 3.04. The normalized spacial score (nSPS) is 29.0. The second kappa shape index (κ2) is 6.89. The van der Waals surface area contributed by atoms with Crippen molar-refractivity contribution in [3.63, 3.8) is 0 Å². The van der Waals surface area contributed by atoms with Crippen LogP contribution in [0.5, 0.6) is 0 Å². The molecule has 2 aliphatic heterocycles. The quantitative estimate of drug-likeness (QED) is 0.703. The van der Waals surface area contributed by atoms with Crippen LogP contribution in [0.4, 0.5) is 5.69 Å². The van der Waals surface area contributed by atoms with Gasteiger partial charge in [0.25, 0.3) is 0 Å². The van der Waals surface area contributed by atoms with Crippen molar-refractivity contribution >= 4 is 17.5 Å². The van der Waals surface area contributed by atoms with Crippen LogP contribution in [0.15, 0.2) is 30.3 Å². The molecular formula is C19H26N4O3. The minimum absolute atomic E-state index is 0.0914. The molecule has 4 rings (SSSR count). The summed E-state index contributed by atoms with van der Waals surface area (Å²) in [6, 6.07) is 10.2. The van der Waals surface area contributed by atoms with Crippen LogP contribution in [0.25, 0.3) is 0 Å². The molecule has 3 N–H and O–H groups in total. The zero-order valence-electron chi connectivity index (χ0n) is 14.9. The molecule has 0 bridgehead atoms. The lowest BCUT2D eigenvalue weighted by Gasteiger charge is -2.36. The van der Waals surface area contributed by atoms with E-state index in [1.54, 1.807) is 0 Å². The number of piperazine rings is 1. The first kappa shape index (κ1) is 17.3. The van der Waals surface area contributed by atoms with E-state index in [1.165, 1.54) is 5.69 Å². The topological polar surface area (TPSA) is 84.9 Å². The first-order chi connectivity index (χ1) is 12.6. The van der Waals surface area contributed by atoms with Crippen LogP contribution in [-0.4, -0.2) is 59.9 Å². The van der Waals surface area contributed by atoms with Crippen LogP contribution < -0.4 is 15.5 Å². The van der Waals surface area contributed by atoms with Crippen LogP contribution >= 0.6 is 0 Å². The van der Waals surface area contributed by atoms with Gasteiger partial charge in [-0.2, -0.15) is 0 Å². The average molecular weight is 358 g/mol. The van der Waals surface area contributed by atoms with Gasteiger partial charge in [0.1, 0.15) is 5.54 Å². The van der Waals surface area contributed by atoms with E-state index in [4.69, 9.17) is 0 Å². The van der Waals surface area contributed by atoms with E-state index in [-0.39, 0.29) is 17.7 Å². The number of carbonyl (C=O) groups excluding carboxylic acids is 2. The molecule has 2 unspecified atom stereocenters. The van der Waals surface area contributed by atoms with Crippen molar-refractivity contribution in [1.29, 1.82) is 0 Å². The maximum atomic E-state index is 12.7. The lowest BCUT2D eigenvalue weighted by molar-refractivity contribution is -0.132. The number of nitrogens with one attached hydrogen (secondary N) is 2. The molecule has 1 aromatic rings. The Morgan fingerprint density at radius 2 is 1.85 bits per heavy atom. The molecule has 7 nitrogen and oxygen atoms in total. The number of amides is 2. The van der Waals surface area contributed by atoms with Gasteiger partial charge in [0.15, 0.2) is 6.35 Å². The van der Waals surface area contributed by atoms with Gasteiger partial charge in [0, 0.05) is 38.3 Å². The molecular weight excluding hydrogens is 332 g/mol. The summed E-state index contributed by atoms with van der Waals surface area (Å²) >= 11 is 0. The second-order valence-corrected chi connectivity index (χ2v) is 7.47. The highest BCUT2D eigenvalue weighted by molar-refractivity contribution is 5.90. The average Bonchev–Trinajstić information content (AvgIpc) is 3.47. The fraction of sp³-hybridized carbons (Fsp3) is 0.579. The molecule has 2 heterocycles. The molecule has 0 spiro atoms. The van der Waals surface area contributed by atoms with Crippen LogP contribution in [0, 0.1) is 5.92 Å². The molecule has 1 aliphatic carbocycles. The van der Waals surface area contributed by atoms with Gasteiger partial charge in [0.2, 0.25) is 11.8 Å². The zero-order valence-corrected chi connectivity index (χ0v) is 14.9. The van der Waals surface area contributed by atoms with Gasteiger partial charge in [-0.05, 0) is 37.3 Å².